The van der Waals surface area contributed by atoms with E-state index >= 15 is 0 Å². The molecule has 0 saturated carbocycles. The Morgan fingerprint density at radius 3 is 2.52 bits per heavy atom. The van der Waals surface area contributed by atoms with Gasteiger partial charge in [-0.2, -0.15) is 0 Å². The largest absolute Gasteiger partial charge is 0.299 e. The highest BCUT2D eigenvalue weighted by atomic mass is 16.1. The molecule has 0 aromatic carbocycles. The Hall–Kier alpha value is -1.37. The first-order valence-corrected chi connectivity index (χ1v) is 8.07. The van der Waals surface area contributed by atoms with Crippen LogP contribution >= 0.6 is 0 Å². The number of Topliss-reactive ketones (excluding diaryl/α,β-unsaturated/α-hetero) is 1. The summed E-state index contributed by atoms with van der Waals surface area (Å²) in [6.45, 7) is 10.7. The van der Waals surface area contributed by atoms with E-state index in [9.17, 15) is 4.79 Å². The van der Waals surface area contributed by atoms with E-state index in [1.807, 2.05) is 13.8 Å². The highest BCUT2D eigenvalue weighted by molar-refractivity contribution is 5.83. The van der Waals surface area contributed by atoms with Crippen LogP contribution in [0.1, 0.15) is 47.5 Å². The summed E-state index contributed by atoms with van der Waals surface area (Å²) in [5, 5.41) is 0. The first-order valence-electron chi connectivity index (χ1n) is 8.07. The maximum absolute atomic E-state index is 12.6. The third-order valence-electron chi connectivity index (χ3n) is 4.26. The highest BCUT2D eigenvalue weighted by Crippen LogP contribution is 2.38. The molecule has 2 aliphatic carbocycles. The monoisotopic (exact) mass is 284 g/mol. The summed E-state index contributed by atoms with van der Waals surface area (Å²) >= 11 is 0. The van der Waals surface area contributed by atoms with Crippen molar-refractivity contribution in [2.45, 2.75) is 47.5 Å². The van der Waals surface area contributed by atoms with E-state index < -0.39 is 0 Å². The molecule has 2 rings (SSSR count). The molecule has 2 aliphatic rings. The maximum atomic E-state index is 12.6. The van der Waals surface area contributed by atoms with Gasteiger partial charge in [0.1, 0.15) is 5.78 Å². The van der Waals surface area contributed by atoms with Crippen LogP contribution in [0.15, 0.2) is 47.6 Å². The summed E-state index contributed by atoms with van der Waals surface area (Å²) in [5.41, 5.74) is 2.94. The first kappa shape index (κ1) is 16.0. The zero-order valence-electron chi connectivity index (χ0n) is 14.0. The Kier molecular flexibility index (Phi) is 4.70. The van der Waals surface area contributed by atoms with Crippen molar-refractivity contribution in [1.29, 1.82) is 0 Å². The molecule has 0 aromatic rings. The summed E-state index contributed by atoms with van der Waals surface area (Å²) < 4.78 is 0. The zero-order valence-corrected chi connectivity index (χ0v) is 14.0. The van der Waals surface area contributed by atoms with Crippen molar-refractivity contribution in [1.82, 2.24) is 0 Å². The molecule has 0 radical (unpaired) electrons. The van der Waals surface area contributed by atoms with Crippen molar-refractivity contribution >= 4 is 5.78 Å². The lowest BCUT2D eigenvalue weighted by Gasteiger charge is -2.28. The molecule has 1 unspecified atom stereocenters. The van der Waals surface area contributed by atoms with Crippen LogP contribution in [0.2, 0.25) is 0 Å². The summed E-state index contributed by atoms with van der Waals surface area (Å²) in [6, 6.07) is 0. The van der Waals surface area contributed by atoms with E-state index in [0.717, 1.165) is 12.8 Å². The topological polar surface area (TPSA) is 17.1 Å². The maximum Gasteiger partial charge on any atom is 0.138 e. The number of ketones is 1. The van der Waals surface area contributed by atoms with E-state index in [1.54, 1.807) is 0 Å². The molecule has 0 aromatic heterocycles. The van der Waals surface area contributed by atoms with Crippen LogP contribution in [-0.4, -0.2) is 5.78 Å². The van der Waals surface area contributed by atoms with Gasteiger partial charge in [0.2, 0.25) is 0 Å². The van der Waals surface area contributed by atoms with Crippen LogP contribution in [0.5, 0.6) is 0 Å². The van der Waals surface area contributed by atoms with Crippen LogP contribution in [-0.2, 0) is 4.79 Å². The van der Waals surface area contributed by atoms with Gasteiger partial charge in [0, 0.05) is 17.8 Å². The van der Waals surface area contributed by atoms with Gasteiger partial charge in [0.05, 0.1) is 0 Å². The van der Waals surface area contributed by atoms with Crippen molar-refractivity contribution < 1.29 is 4.79 Å². The summed E-state index contributed by atoms with van der Waals surface area (Å²) in [7, 11) is 0. The first-order chi connectivity index (χ1) is 9.78. The normalized spacial score (nSPS) is 22.1. The molecule has 1 nitrogen and oxygen atoms in total. The smallest absolute Gasteiger partial charge is 0.138 e. The molecule has 114 valence electrons. The second-order valence-electron chi connectivity index (χ2n) is 7.85. The van der Waals surface area contributed by atoms with Crippen LogP contribution in [0, 0.1) is 23.2 Å². The Morgan fingerprint density at radius 2 is 1.90 bits per heavy atom. The van der Waals surface area contributed by atoms with E-state index in [2.05, 4.69) is 57.2 Å². The van der Waals surface area contributed by atoms with Gasteiger partial charge in [0.15, 0.2) is 0 Å². The fraction of sp³-hybridized carbons (Fsp3) is 0.550. The third-order valence-corrected chi connectivity index (χ3v) is 4.26. The minimum atomic E-state index is 0.119. The predicted molar refractivity (Wildman–Crippen MR) is 90.0 cm³/mol. The molecule has 0 aliphatic heterocycles. The fourth-order valence-electron chi connectivity index (χ4n) is 3.32. The van der Waals surface area contributed by atoms with E-state index in [1.165, 1.54) is 11.1 Å². The van der Waals surface area contributed by atoms with Gasteiger partial charge in [0.25, 0.3) is 0 Å². The molecular formula is C20H28O. The Balaban J connectivity index is 2.11. The Morgan fingerprint density at radius 1 is 1.19 bits per heavy atom. The van der Waals surface area contributed by atoms with Crippen LogP contribution in [0.4, 0.5) is 0 Å². The summed E-state index contributed by atoms with van der Waals surface area (Å²) in [4.78, 5) is 12.6. The van der Waals surface area contributed by atoms with E-state index in [0.29, 0.717) is 11.7 Å². The summed E-state index contributed by atoms with van der Waals surface area (Å²) in [6.07, 6.45) is 14.9. The Labute approximate surface area is 129 Å². The zero-order chi connectivity index (χ0) is 15.6. The van der Waals surface area contributed by atoms with Crippen molar-refractivity contribution in [3.05, 3.63) is 47.6 Å². The van der Waals surface area contributed by atoms with Gasteiger partial charge in [-0.25, -0.2) is 0 Å². The van der Waals surface area contributed by atoms with Crippen molar-refractivity contribution in [2.24, 2.45) is 23.2 Å². The van der Waals surface area contributed by atoms with Crippen LogP contribution in [0.25, 0.3) is 0 Å². The number of fused-ring (bicyclic) bond motifs is 1. The van der Waals surface area contributed by atoms with Gasteiger partial charge in [-0.15, -0.1) is 0 Å². The van der Waals surface area contributed by atoms with Crippen molar-refractivity contribution in [2.75, 3.05) is 0 Å². The summed E-state index contributed by atoms with van der Waals surface area (Å²) in [5.74, 6) is 1.07. The quantitative estimate of drug-likeness (QED) is 0.672. The number of hydrogen-bond acceptors (Lipinski definition) is 1. The lowest BCUT2D eigenvalue weighted by molar-refractivity contribution is -0.126. The molecule has 0 N–H and O–H groups in total. The second-order valence-corrected chi connectivity index (χ2v) is 7.85. The minimum absolute atomic E-state index is 0.119. The van der Waals surface area contributed by atoms with Crippen LogP contribution < -0.4 is 0 Å². The third kappa shape index (κ3) is 4.06. The number of carbonyl (C=O) groups excluding carboxylic acids is 1. The molecule has 0 fully saturated rings. The van der Waals surface area contributed by atoms with Crippen LogP contribution in [0.3, 0.4) is 0 Å². The molecule has 0 bridgehead atoms. The van der Waals surface area contributed by atoms with Gasteiger partial charge >= 0.3 is 0 Å². The van der Waals surface area contributed by atoms with Gasteiger partial charge < -0.3 is 0 Å². The molecule has 0 heterocycles. The molecule has 21 heavy (non-hydrogen) atoms. The van der Waals surface area contributed by atoms with E-state index in [4.69, 9.17) is 0 Å². The van der Waals surface area contributed by atoms with E-state index in [-0.39, 0.29) is 17.3 Å². The number of allylic oxidation sites excluding steroid dienone is 8. The molecule has 0 saturated heterocycles. The lowest BCUT2D eigenvalue weighted by atomic mass is 9.76. The molecule has 1 heteroatoms. The van der Waals surface area contributed by atoms with Crippen molar-refractivity contribution in [3.63, 3.8) is 0 Å². The SMILES string of the molecule is CC(C)C(=O)[C@H](CC1=CC=C2C=CC=CC21)CC(C)(C)C. The standard InChI is InChI=1S/C20H28O/c1-14(2)19(21)17(13-20(3,4)5)12-16-11-10-15-8-6-7-9-18(15)16/h6-11,14,17-18H,12-13H2,1-5H3/t17-,18?/m1/s1. The molecular weight excluding hydrogens is 256 g/mol. The molecule has 0 amide bonds. The number of carbonyl (C=O) groups is 1. The van der Waals surface area contributed by atoms with Gasteiger partial charge in [-0.05, 0) is 23.8 Å². The minimum Gasteiger partial charge on any atom is -0.299 e. The number of rotatable bonds is 5. The molecule has 0 spiro atoms. The fourth-order valence-corrected chi connectivity index (χ4v) is 3.32. The second kappa shape index (κ2) is 6.17. The number of hydrogen-bond donors (Lipinski definition) is 0. The van der Waals surface area contributed by atoms with Gasteiger partial charge in [-0.3, -0.25) is 4.79 Å². The van der Waals surface area contributed by atoms with Gasteiger partial charge in [-0.1, -0.05) is 76.6 Å². The highest BCUT2D eigenvalue weighted by Gasteiger charge is 2.30. The average Bonchev–Trinajstić information content (AvgIpc) is 2.79. The molecule has 2 atom stereocenters. The Bertz CT molecular complexity index is 521. The van der Waals surface area contributed by atoms with Crippen molar-refractivity contribution in [3.8, 4) is 0 Å². The lowest BCUT2D eigenvalue weighted by Crippen LogP contribution is -2.26. The average molecular weight is 284 g/mol. The predicted octanol–water partition coefficient (Wildman–Crippen LogP) is 5.26.